The van der Waals surface area contributed by atoms with Crippen molar-refractivity contribution >= 4 is 31.7 Å². The summed E-state index contributed by atoms with van der Waals surface area (Å²) in [6, 6.07) is 25.0. The normalized spacial score (nSPS) is 12.9. The van der Waals surface area contributed by atoms with E-state index in [1.165, 1.54) is 4.31 Å². The van der Waals surface area contributed by atoms with E-state index in [-0.39, 0.29) is 10.5 Å². The van der Waals surface area contributed by atoms with Crippen LogP contribution in [0.3, 0.4) is 0 Å². The molecule has 5 rings (SSSR count). The first-order chi connectivity index (χ1) is 17.7. The fourth-order valence-corrected chi connectivity index (χ4v) is 6.44. The van der Waals surface area contributed by atoms with E-state index in [1.807, 2.05) is 81.4 Å². The molecule has 37 heavy (non-hydrogen) atoms. The molecule has 188 valence electrons. The Morgan fingerprint density at radius 3 is 2.27 bits per heavy atom. The first kappa shape index (κ1) is 24.9. The third-order valence-electron chi connectivity index (χ3n) is 7.08. The van der Waals surface area contributed by atoms with E-state index < -0.39 is 16.1 Å². The van der Waals surface area contributed by atoms with Crippen LogP contribution in [0.1, 0.15) is 36.3 Å². The van der Waals surface area contributed by atoms with Gasteiger partial charge in [-0.3, -0.25) is 9.36 Å². The van der Waals surface area contributed by atoms with Crippen LogP contribution in [0.2, 0.25) is 0 Å². The zero-order valence-electron chi connectivity index (χ0n) is 21.3. The van der Waals surface area contributed by atoms with Gasteiger partial charge in [-0.25, -0.2) is 13.4 Å². The Hall–Kier alpha value is -3.81. The van der Waals surface area contributed by atoms with E-state index in [0.717, 1.165) is 16.5 Å². The largest absolute Gasteiger partial charge is 0.268 e. The molecule has 7 heteroatoms. The third-order valence-corrected chi connectivity index (χ3v) is 9.01. The highest BCUT2D eigenvalue weighted by Gasteiger charge is 2.33. The van der Waals surface area contributed by atoms with Crippen molar-refractivity contribution in [2.24, 2.45) is 0 Å². The Labute approximate surface area is 216 Å². The van der Waals surface area contributed by atoms with E-state index in [9.17, 15) is 13.2 Å². The summed E-state index contributed by atoms with van der Waals surface area (Å²) >= 11 is 0. The van der Waals surface area contributed by atoms with Crippen molar-refractivity contribution in [3.05, 3.63) is 112 Å². The first-order valence-corrected chi connectivity index (χ1v) is 13.7. The molecule has 0 spiro atoms. The minimum atomic E-state index is -3.93. The summed E-state index contributed by atoms with van der Waals surface area (Å²) in [4.78, 5) is 19.0. The van der Waals surface area contributed by atoms with Crippen LogP contribution < -0.4 is 5.56 Å². The number of para-hydroxylation sites is 1. The molecule has 0 aliphatic rings. The van der Waals surface area contributed by atoms with Crippen LogP contribution >= 0.6 is 0 Å². The molecule has 0 fully saturated rings. The second kappa shape index (κ2) is 9.57. The Kier molecular flexibility index (Phi) is 6.43. The lowest BCUT2D eigenvalue weighted by Gasteiger charge is -2.29. The lowest BCUT2D eigenvalue weighted by atomic mass is 10.1. The molecule has 1 heterocycles. The molecular formula is C30H29N3O3S. The van der Waals surface area contributed by atoms with Gasteiger partial charge in [-0.15, -0.1) is 0 Å². The second-order valence-corrected chi connectivity index (χ2v) is 11.3. The zero-order valence-corrected chi connectivity index (χ0v) is 22.2. The summed E-state index contributed by atoms with van der Waals surface area (Å²) in [6.07, 6.45) is 0.427. The molecule has 5 aromatic rings. The van der Waals surface area contributed by atoms with E-state index >= 15 is 0 Å². The Bertz CT molecular complexity index is 1800. The number of benzene rings is 4. The van der Waals surface area contributed by atoms with E-state index in [4.69, 9.17) is 4.98 Å². The van der Waals surface area contributed by atoms with Crippen LogP contribution in [0, 0.1) is 13.8 Å². The van der Waals surface area contributed by atoms with E-state index in [1.54, 1.807) is 35.9 Å². The lowest BCUT2D eigenvalue weighted by molar-refractivity contribution is 0.348. The molecule has 6 nitrogen and oxygen atoms in total. The van der Waals surface area contributed by atoms with Crippen LogP contribution in [0.25, 0.3) is 27.4 Å². The molecule has 1 aromatic heterocycles. The van der Waals surface area contributed by atoms with Crippen LogP contribution in [-0.4, -0.2) is 29.3 Å². The van der Waals surface area contributed by atoms with Gasteiger partial charge in [0, 0.05) is 12.4 Å². The number of nitrogens with zero attached hydrogens (tertiary/aromatic N) is 3. The van der Waals surface area contributed by atoms with Crippen molar-refractivity contribution in [2.75, 3.05) is 7.05 Å². The lowest BCUT2D eigenvalue weighted by Crippen LogP contribution is -2.36. The molecule has 0 saturated heterocycles. The number of sulfonamides is 1. The average Bonchev–Trinajstić information content (AvgIpc) is 2.90. The Balaban J connectivity index is 1.75. The summed E-state index contributed by atoms with van der Waals surface area (Å²) in [5.41, 5.74) is 3.12. The SMILES string of the molecule is CCC(c1nc2ccccc2c(=O)n1-c1ccc(C)c(C)c1)N(C)S(=O)(=O)c1cccc2ccccc12. The van der Waals surface area contributed by atoms with Gasteiger partial charge in [0.2, 0.25) is 10.0 Å². The van der Waals surface area contributed by atoms with E-state index in [2.05, 4.69) is 0 Å². The summed E-state index contributed by atoms with van der Waals surface area (Å²) < 4.78 is 31.0. The van der Waals surface area contributed by atoms with Crippen molar-refractivity contribution in [3.8, 4) is 5.69 Å². The standard InChI is InChI=1S/C30H29N3O3S/c1-5-27(32(4)37(35,36)28-16-10-12-22-11-6-7-13-24(22)28)29-31-26-15-9-8-14-25(26)30(34)33(29)23-18-17-20(2)21(3)19-23/h6-19,27H,5H2,1-4H3. The highest BCUT2D eigenvalue weighted by molar-refractivity contribution is 7.89. The Morgan fingerprint density at radius 1 is 0.865 bits per heavy atom. The molecule has 0 bridgehead atoms. The predicted octanol–water partition coefficient (Wildman–Crippen LogP) is 5.93. The number of fused-ring (bicyclic) bond motifs is 2. The van der Waals surface area contributed by atoms with Crippen molar-refractivity contribution in [1.29, 1.82) is 0 Å². The topological polar surface area (TPSA) is 72.3 Å². The minimum Gasteiger partial charge on any atom is -0.268 e. The number of hydrogen-bond acceptors (Lipinski definition) is 4. The molecule has 0 amide bonds. The van der Waals surface area contributed by atoms with Gasteiger partial charge in [-0.1, -0.05) is 61.5 Å². The molecule has 4 aromatic carbocycles. The summed E-state index contributed by atoms with van der Waals surface area (Å²) in [5, 5.41) is 1.99. The van der Waals surface area contributed by atoms with Gasteiger partial charge in [-0.05, 0) is 67.1 Å². The van der Waals surface area contributed by atoms with Crippen LogP contribution in [0.5, 0.6) is 0 Å². The third kappa shape index (κ3) is 4.24. The maximum atomic E-state index is 14.0. The molecule has 0 N–H and O–H groups in total. The second-order valence-electron chi connectivity index (χ2n) is 9.32. The number of hydrogen-bond donors (Lipinski definition) is 0. The van der Waals surface area contributed by atoms with Crippen molar-refractivity contribution in [2.45, 2.75) is 38.1 Å². The first-order valence-electron chi connectivity index (χ1n) is 12.3. The maximum absolute atomic E-state index is 14.0. The molecular weight excluding hydrogens is 482 g/mol. The fraction of sp³-hybridized carbons (Fsp3) is 0.200. The summed E-state index contributed by atoms with van der Waals surface area (Å²) in [7, 11) is -2.36. The van der Waals surface area contributed by atoms with Gasteiger partial charge < -0.3 is 0 Å². The monoisotopic (exact) mass is 511 g/mol. The van der Waals surface area contributed by atoms with Crippen molar-refractivity contribution < 1.29 is 8.42 Å². The molecule has 0 radical (unpaired) electrons. The maximum Gasteiger partial charge on any atom is 0.266 e. The van der Waals surface area contributed by atoms with Crippen LogP contribution in [0.15, 0.2) is 94.6 Å². The highest BCUT2D eigenvalue weighted by Crippen LogP contribution is 2.32. The Morgan fingerprint density at radius 2 is 1.54 bits per heavy atom. The summed E-state index contributed by atoms with van der Waals surface area (Å²) in [5.74, 6) is 0.390. The highest BCUT2D eigenvalue weighted by atomic mass is 32.2. The number of rotatable bonds is 6. The van der Waals surface area contributed by atoms with Crippen LogP contribution in [-0.2, 0) is 10.0 Å². The fourth-order valence-electron chi connectivity index (χ4n) is 4.83. The zero-order chi connectivity index (χ0) is 26.3. The summed E-state index contributed by atoms with van der Waals surface area (Å²) in [6.45, 7) is 5.92. The molecule has 1 atom stereocenters. The molecule has 0 saturated carbocycles. The number of aryl methyl sites for hydroxylation is 2. The van der Waals surface area contributed by atoms with Gasteiger partial charge in [0.1, 0.15) is 5.82 Å². The minimum absolute atomic E-state index is 0.224. The molecule has 0 aliphatic heterocycles. The van der Waals surface area contributed by atoms with Crippen molar-refractivity contribution in [3.63, 3.8) is 0 Å². The quantitative estimate of drug-likeness (QED) is 0.283. The number of aromatic nitrogens is 2. The van der Waals surface area contributed by atoms with Gasteiger partial charge >= 0.3 is 0 Å². The van der Waals surface area contributed by atoms with Gasteiger partial charge in [0.05, 0.1) is 27.5 Å². The van der Waals surface area contributed by atoms with Gasteiger partial charge in [0.15, 0.2) is 0 Å². The smallest absolute Gasteiger partial charge is 0.266 e. The predicted molar refractivity (Wildman–Crippen MR) is 149 cm³/mol. The average molecular weight is 512 g/mol. The van der Waals surface area contributed by atoms with Gasteiger partial charge in [-0.2, -0.15) is 4.31 Å². The van der Waals surface area contributed by atoms with Crippen LogP contribution in [0.4, 0.5) is 0 Å². The van der Waals surface area contributed by atoms with Gasteiger partial charge in [0.25, 0.3) is 5.56 Å². The van der Waals surface area contributed by atoms with Crippen molar-refractivity contribution in [1.82, 2.24) is 13.9 Å². The molecule has 1 unspecified atom stereocenters. The molecule has 0 aliphatic carbocycles. The van der Waals surface area contributed by atoms with E-state index in [0.29, 0.717) is 34.2 Å².